The van der Waals surface area contributed by atoms with Crippen molar-refractivity contribution in [1.82, 2.24) is 10.3 Å². The van der Waals surface area contributed by atoms with Gasteiger partial charge in [-0.2, -0.15) is 0 Å². The van der Waals surface area contributed by atoms with Gasteiger partial charge in [0.25, 0.3) is 0 Å². The fraction of sp³-hybridized carbons (Fsp3) is 0.688. The lowest BCUT2D eigenvalue weighted by atomic mass is 10.1. The first-order valence-corrected chi connectivity index (χ1v) is 8.15. The third-order valence-electron chi connectivity index (χ3n) is 3.97. The highest BCUT2D eigenvalue weighted by molar-refractivity contribution is 6.31. The predicted molar refractivity (Wildman–Crippen MR) is 86.5 cm³/mol. The quantitative estimate of drug-likeness (QED) is 0.789. The Morgan fingerprint density at radius 1 is 1.40 bits per heavy atom. The number of nitrogens with one attached hydrogen (secondary N) is 1. The number of pyridine rings is 1. The molecule has 1 N–H and O–H groups in total. The molecule has 1 aliphatic rings. The van der Waals surface area contributed by atoms with E-state index in [-0.39, 0.29) is 0 Å². The summed E-state index contributed by atoms with van der Waals surface area (Å²) in [5.41, 5.74) is 0.971. The Morgan fingerprint density at radius 2 is 2.15 bits per heavy atom. The van der Waals surface area contributed by atoms with Crippen LogP contribution in [0.1, 0.15) is 45.7 Å². The first-order valence-electron chi connectivity index (χ1n) is 7.77. The third kappa shape index (κ3) is 4.35. The molecule has 1 atom stereocenters. The molecule has 0 amide bonds. The van der Waals surface area contributed by atoms with E-state index in [9.17, 15) is 0 Å². The van der Waals surface area contributed by atoms with Crippen molar-refractivity contribution in [1.29, 1.82) is 0 Å². The zero-order valence-corrected chi connectivity index (χ0v) is 13.6. The maximum Gasteiger partial charge on any atom is 0.128 e. The van der Waals surface area contributed by atoms with E-state index >= 15 is 0 Å². The van der Waals surface area contributed by atoms with E-state index in [1.165, 1.54) is 19.3 Å². The van der Waals surface area contributed by atoms with Crippen molar-refractivity contribution < 1.29 is 0 Å². The Hall–Kier alpha value is -0.800. The van der Waals surface area contributed by atoms with E-state index in [4.69, 9.17) is 16.6 Å². The summed E-state index contributed by atoms with van der Waals surface area (Å²) >= 11 is 6.26. The second-order valence-corrected chi connectivity index (χ2v) is 6.21. The van der Waals surface area contributed by atoms with Crippen LogP contribution in [0.3, 0.4) is 0 Å². The van der Waals surface area contributed by atoms with E-state index in [2.05, 4.69) is 31.0 Å². The SMILES string of the molecule is CCC(C)CN(CC)c1ccc(Cl)c(CNC2CC2)n1. The number of hydrogen-bond acceptors (Lipinski definition) is 3. The van der Waals surface area contributed by atoms with Gasteiger partial charge in [0, 0.05) is 25.7 Å². The first-order chi connectivity index (χ1) is 9.63. The van der Waals surface area contributed by atoms with Gasteiger partial charge in [-0.05, 0) is 37.8 Å². The molecule has 1 fully saturated rings. The smallest absolute Gasteiger partial charge is 0.128 e. The number of halogens is 1. The highest BCUT2D eigenvalue weighted by Crippen LogP contribution is 2.23. The molecule has 0 aliphatic heterocycles. The van der Waals surface area contributed by atoms with Crippen LogP contribution < -0.4 is 10.2 Å². The molecule has 1 heterocycles. The minimum absolute atomic E-state index is 0.680. The van der Waals surface area contributed by atoms with Crippen molar-refractivity contribution in [2.24, 2.45) is 5.92 Å². The van der Waals surface area contributed by atoms with Gasteiger partial charge >= 0.3 is 0 Å². The van der Waals surface area contributed by atoms with Crippen LogP contribution in [0.4, 0.5) is 5.82 Å². The maximum atomic E-state index is 6.26. The molecule has 4 heteroatoms. The molecule has 1 aromatic heterocycles. The Bertz CT molecular complexity index is 432. The van der Waals surface area contributed by atoms with Crippen LogP contribution in [-0.4, -0.2) is 24.1 Å². The first kappa shape index (κ1) is 15.6. The van der Waals surface area contributed by atoms with Crippen LogP contribution in [0, 0.1) is 5.92 Å². The Balaban J connectivity index is 2.06. The molecule has 2 rings (SSSR count). The molecule has 112 valence electrons. The summed E-state index contributed by atoms with van der Waals surface area (Å²) in [5.74, 6) is 1.73. The molecule has 1 aromatic rings. The standard InChI is InChI=1S/C16H26ClN3/c1-4-12(3)11-20(5-2)16-9-8-14(17)15(19-16)10-18-13-6-7-13/h8-9,12-13,18H,4-7,10-11H2,1-3H3. The van der Waals surface area contributed by atoms with E-state index in [1.54, 1.807) is 0 Å². The molecule has 1 aliphatic carbocycles. The molecule has 3 nitrogen and oxygen atoms in total. The monoisotopic (exact) mass is 295 g/mol. The van der Waals surface area contributed by atoms with Crippen molar-refractivity contribution >= 4 is 17.4 Å². The summed E-state index contributed by atoms with van der Waals surface area (Å²) in [7, 11) is 0. The topological polar surface area (TPSA) is 28.2 Å². The summed E-state index contributed by atoms with van der Waals surface area (Å²) in [4.78, 5) is 7.10. The molecule has 0 aromatic carbocycles. The van der Waals surface area contributed by atoms with Crippen molar-refractivity contribution in [2.75, 3.05) is 18.0 Å². The van der Waals surface area contributed by atoms with Gasteiger partial charge in [0.1, 0.15) is 5.82 Å². The molecule has 1 saturated carbocycles. The van der Waals surface area contributed by atoms with Gasteiger partial charge in [-0.1, -0.05) is 31.9 Å². The summed E-state index contributed by atoms with van der Waals surface area (Å²) in [6.45, 7) is 9.51. The van der Waals surface area contributed by atoms with Crippen molar-refractivity contribution in [3.05, 3.63) is 22.8 Å². The van der Waals surface area contributed by atoms with Crippen molar-refractivity contribution in [2.45, 2.75) is 52.6 Å². The third-order valence-corrected chi connectivity index (χ3v) is 4.32. The van der Waals surface area contributed by atoms with Gasteiger partial charge in [-0.3, -0.25) is 0 Å². The van der Waals surface area contributed by atoms with E-state index in [0.29, 0.717) is 12.0 Å². The molecular formula is C16H26ClN3. The highest BCUT2D eigenvalue weighted by Gasteiger charge is 2.21. The molecule has 0 saturated heterocycles. The summed E-state index contributed by atoms with van der Waals surface area (Å²) < 4.78 is 0. The molecule has 20 heavy (non-hydrogen) atoms. The predicted octanol–water partition coefficient (Wildman–Crippen LogP) is 3.86. The van der Waals surface area contributed by atoms with Crippen LogP contribution >= 0.6 is 11.6 Å². The van der Waals surface area contributed by atoms with Crippen LogP contribution in [0.25, 0.3) is 0 Å². The Morgan fingerprint density at radius 3 is 2.75 bits per heavy atom. The van der Waals surface area contributed by atoms with Gasteiger partial charge in [0.15, 0.2) is 0 Å². The second-order valence-electron chi connectivity index (χ2n) is 5.81. The number of hydrogen-bond donors (Lipinski definition) is 1. The molecule has 1 unspecified atom stereocenters. The highest BCUT2D eigenvalue weighted by atomic mass is 35.5. The lowest BCUT2D eigenvalue weighted by Gasteiger charge is -2.25. The molecule has 0 spiro atoms. The summed E-state index contributed by atoms with van der Waals surface area (Å²) in [6, 6.07) is 4.70. The van der Waals surface area contributed by atoms with Crippen LogP contribution in [0.15, 0.2) is 12.1 Å². The number of aromatic nitrogens is 1. The molecule has 0 bridgehead atoms. The fourth-order valence-corrected chi connectivity index (χ4v) is 2.36. The Labute approximate surface area is 127 Å². The second kappa shape index (κ2) is 7.28. The van der Waals surface area contributed by atoms with Crippen LogP contribution in [-0.2, 0) is 6.54 Å². The van der Waals surface area contributed by atoms with Gasteiger partial charge in [-0.15, -0.1) is 0 Å². The molecular weight excluding hydrogens is 270 g/mol. The number of anilines is 1. The van der Waals surface area contributed by atoms with Gasteiger partial charge in [0.2, 0.25) is 0 Å². The largest absolute Gasteiger partial charge is 0.357 e. The lowest BCUT2D eigenvalue weighted by molar-refractivity contribution is 0.544. The summed E-state index contributed by atoms with van der Waals surface area (Å²) in [6.07, 6.45) is 3.76. The average molecular weight is 296 g/mol. The zero-order valence-electron chi connectivity index (χ0n) is 12.8. The van der Waals surface area contributed by atoms with Gasteiger partial charge < -0.3 is 10.2 Å². The van der Waals surface area contributed by atoms with Gasteiger partial charge in [-0.25, -0.2) is 4.98 Å². The average Bonchev–Trinajstić information content (AvgIpc) is 3.28. The zero-order chi connectivity index (χ0) is 14.5. The van der Waals surface area contributed by atoms with Crippen molar-refractivity contribution in [3.63, 3.8) is 0 Å². The molecule has 0 radical (unpaired) electrons. The minimum Gasteiger partial charge on any atom is -0.357 e. The van der Waals surface area contributed by atoms with Gasteiger partial charge in [0.05, 0.1) is 10.7 Å². The van der Waals surface area contributed by atoms with Crippen molar-refractivity contribution in [3.8, 4) is 0 Å². The number of rotatable bonds is 8. The number of nitrogens with zero attached hydrogens (tertiary/aromatic N) is 2. The van der Waals surface area contributed by atoms with E-state index in [1.807, 2.05) is 12.1 Å². The minimum atomic E-state index is 0.680. The van der Waals surface area contributed by atoms with Crippen LogP contribution in [0.2, 0.25) is 5.02 Å². The summed E-state index contributed by atoms with van der Waals surface area (Å²) in [5, 5.41) is 4.25. The van der Waals surface area contributed by atoms with E-state index < -0.39 is 0 Å². The van der Waals surface area contributed by atoms with E-state index in [0.717, 1.165) is 36.2 Å². The Kier molecular flexibility index (Phi) is 5.67. The normalized spacial score (nSPS) is 16.2. The van der Waals surface area contributed by atoms with Crippen LogP contribution in [0.5, 0.6) is 0 Å². The maximum absolute atomic E-state index is 6.26. The fourth-order valence-electron chi connectivity index (χ4n) is 2.19. The lowest BCUT2D eigenvalue weighted by Crippen LogP contribution is -2.29.